The molecule has 3 aromatic rings. The van der Waals surface area contributed by atoms with Gasteiger partial charge in [-0.2, -0.15) is 5.10 Å². The van der Waals surface area contributed by atoms with Crippen LogP contribution in [0.3, 0.4) is 0 Å². The van der Waals surface area contributed by atoms with Crippen molar-refractivity contribution in [2.24, 2.45) is 0 Å². The number of esters is 1. The van der Waals surface area contributed by atoms with E-state index in [2.05, 4.69) is 10.3 Å². The fourth-order valence-electron chi connectivity index (χ4n) is 3.87. The summed E-state index contributed by atoms with van der Waals surface area (Å²) >= 11 is 0. The van der Waals surface area contributed by atoms with Crippen molar-refractivity contribution in [1.82, 2.24) is 14.8 Å². The van der Waals surface area contributed by atoms with Gasteiger partial charge in [0.05, 0.1) is 43.8 Å². The molecule has 0 spiro atoms. The van der Waals surface area contributed by atoms with E-state index in [0.29, 0.717) is 19.0 Å². The molecule has 8 heteroatoms. The zero-order chi connectivity index (χ0) is 21.6. The van der Waals surface area contributed by atoms with Gasteiger partial charge in [0, 0.05) is 31.9 Å². The van der Waals surface area contributed by atoms with E-state index < -0.39 is 0 Å². The Kier molecular flexibility index (Phi) is 6.66. The number of rotatable bonds is 8. The second kappa shape index (κ2) is 9.78. The lowest BCUT2D eigenvalue weighted by molar-refractivity contribution is -0.140. The molecule has 0 amide bonds. The van der Waals surface area contributed by atoms with Crippen LogP contribution in [0.15, 0.2) is 36.5 Å². The quantitative estimate of drug-likeness (QED) is 0.556. The van der Waals surface area contributed by atoms with Gasteiger partial charge >= 0.3 is 5.97 Å². The van der Waals surface area contributed by atoms with Gasteiger partial charge in [0.2, 0.25) is 0 Å². The first-order valence-corrected chi connectivity index (χ1v) is 10.6. The molecular weight excluding hydrogens is 396 g/mol. The number of benzene rings is 1. The van der Waals surface area contributed by atoms with Crippen molar-refractivity contribution in [2.75, 3.05) is 32.8 Å². The molecular formula is C23H28N4O4. The largest absolute Gasteiger partial charge is 0.497 e. The first-order chi connectivity index (χ1) is 15.2. The summed E-state index contributed by atoms with van der Waals surface area (Å²) in [5.74, 6) is 1.38. The van der Waals surface area contributed by atoms with E-state index in [9.17, 15) is 4.79 Å². The molecule has 0 saturated carbocycles. The third kappa shape index (κ3) is 4.96. The van der Waals surface area contributed by atoms with E-state index in [0.717, 1.165) is 59.8 Å². The predicted octanol–water partition coefficient (Wildman–Crippen LogP) is 3.18. The molecule has 0 aliphatic carbocycles. The number of carbonyl (C=O) groups is 1. The molecule has 3 heterocycles. The standard InChI is InChI=1S/C23H28N4O4/c1-29-18-5-3-16(4-6-18)15-27-20-9-12-24-23(25-17-10-13-31-14-11-17)22(20)19(26-27)7-8-21(28)30-2/h3-6,9,12,17H,7-8,10-11,13-15H2,1-2H3,(H,24,25). The first-order valence-electron chi connectivity index (χ1n) is 10.6. The molecule has 0 unspecified atom stereocenters. The lowest BCUT2D eigenvalue weighted by atomic mass is 10.1. The zero-order valence-corrected chi connectivity index (χ0v) is 18.0. The molecule has 0 bridgehead atoms. The Hall–Kier alpha value is -3.13. The highest BCUT2D eigenvalue weighted by molar-refractivity contribution is 5.92. The van der Waals surface area contributed by atoms with Crippen LogP contribution in [0.4, 0.5) is 5.82 Å². The van der Waals surface area contributed by atoms with Crippen LogP contribution in [-0.2, 0) is 27.2 Å². The number of hydrogen-bond donors (Lipinski definition) is 1. The molecule has 0 radical (unpaired) electrons. The van der Waals surface area contributed by atoms with Gasteiger partial charge in [0.15, 0.2) is 0 Å². The number of carbonyl (C=O) groups excluding carboxylic acids is 1. The fourth-order valence-corrected chi connectivity index (χ4v) is 3.87. The summed E-state index contributed by atoms with van der Waals surface area (Å²) in [6, 6.07) is 10.2. The van der Waals surface area contributed by atoms with Crippen LogP contribution in [0.25, 0.3) is 10.9 Å². The summed E-state index contributed by atoms with van der Waals surface area (Å²) in [7, 11) is 3.06. The number of nitrogens with one attached hydrogen (secondary N) is 1. The Bertz CT molecular complexity index is 1030. The molecule has 2 aromatic heterocycles. The maximum Gasteiger partial charge on any atom is 0.305 e. The SMILES string of the molecule is COC(=O)CCc1nn(Cc2ccc(OC)cc2)c2ccnc(NC3CCOCC3)c12. The Morgan fingerprint density at radius 3 is 2.68 bits per heavy atom. The van der Waals surface area contributed by atoms with Gasteiger partial charge in [0.1, 0.15) is 11.6 Å². The van der Waals surface area contributed by atoms with Crippen LogP contribution >= 0.6 is 0 Å². The van der Waals surface area contributed by atoms with E-state index in [1.165, 1.54) is 7.11 Å². The van der Waals surface area contributed by atoms with Crippen molar-refractivity contribution >= 4 is 22.7 Å². The van der Waals surface area contributed by atoms with Crippen molar-refractivity contribution in [1.29, 1.82) is 0 Å². The molecule has 1 aliphatic rings. The number of aromatic nitrogens is 3. The van der Waals surface area contributed by atoms with Gasteiger partial charge in [-0.25, -0.2) is 4.98 Å². The number of nitrogens with zero attached hydrogens (tertiary/aromatic N) is 3. The van der Waals surface area contributed by atoms with Gasteiger partial charge in [-0.05, 0) is 36.6 Å². The Balaban J connectivity index is 1.68. The third-order valence-corrected chi connectivity index (χ3v) is 5.58. The monoisotopic (exact) mass is 424 g/mol. The molecule has 1 saturated heterocycles. The topological polar surface area (TPSA) is 87.5 Å². The van der Waals surface area contributed by atoms with Crippen molar-refractivity contribution in [2.45, 2.75) is 38.3 Å². The van der Waals surface area contributed by atoms with Crippen LogP contribution < -0.4 is 10.1 Å². The lowest BCUT2D eigenvalue weighted by Gasteiger charge is -2.24. The van der Waals surface area contributed by atoms with Gasteiger partial charge in [0.25, 0.3) is 0 Å². The molecule has 164 valence electrons. The van der Waals surface area contributed by atoms with Crippen molar-refractivity contribution in [3.63, 3.8) is 0 Å². The number of fused-ring (bicyclic) bond motifs is 1. The summed E-state index contributed by atoms with van der Waals surface area (Å²) in [6.45, 7) is 2.11. The normalized spacial score (nSPS) is 14.5. The maximum atomic E-state index is 11.8. The summed E-state index contributed by atoms with van der Waals surface area (Å²) in [4.78, 5) is 16.4. The van der Waals surface area contributed by atoms with Crippen LogP contribution in [-0.4, -0.2) is 54.2 Å². The highest BCUT2D eigenvalue weighted by Gasteiger charge is 2.20. The summed E-state index contributed by atoms with van der Waals surface area (Å²) in [6.07, 6.45) is 4.45. The van der Waals surface area contributed by atoms with Crippen LogP contribution in [0.1, 0.15) is 30.5 Å². The average Bonchev–Trinajstić information content (AvgIpc) is 3.17. The minimum absolute atomic E-state index is 0.249. The van der Waals surface area contributed by atoms with E-state index in [-0.39, 0.29) is 12.4 Å². The first kappa shape index (κ1) is 21.1. The number of aryl methyl sites for hydroxylation is 1. The zero-order valence-electron chi connectivity index (χ0n) is 18.0. The average molecular weight is 425 g/mol. The minimum Gasteiger partial charge on any atom is -0.497 e. The number of ether oxygens (including phenoxy) is 3. The van der Waals surface area contributed by atoms with Crippen molar-refractivity contribution in [3.05, 3.63) is 47.8 Å². The Labute approximate surface area is 181 Å². The molecule has 1 aliphatic heterocycles. The van der Waals surface area contributed by atoms with Crippen LogP contribution in [0, 0.1) is 0 Å². The Morgan fingerprint density at radius 1 is 1.19 bits per heavy atom. The maximum absolute atomic E-state index is 11.8. The number of methoxy groups -OCH3 is 2. The number of pyridine rings is 1. The molecule has 1 N–H and O–H groups in total. The summed E-state index contributed by atoms with van der Waals surface area (Å²) in [5.41, 5.74) is 2.94. The summed E-state index contributed by atoms with van der Waals surface area (Å²) in [5, 5.41) is 9.41. The molecule has 1 aromatic carbocycles. The van der Waals surface area contributed by atoms with Gasteiger partial charge in [-0.1, -0.05) is 12.1 Å². The van der Waals surface area contributed by atoms with E-state index >= 15 is 0 Å². The molecule has 4 rings (SSSR count). The fraction of sp³-hybridized carbons (Fsp3) is 0.435. The second-order valence-corrected chi connectivity index (χ2v) is 7.61. The van der Waals surface area contributed by atoms with Crippen LogP contribution in [0.5, 0.6) is 5.75 Å². The second-order valence-electron chi connectivity index (χ2n) is 7.61. The predicted molar refractivity (Wildman–Crippen MR) is 117 cm³/mol. The molecule has 0 atom stereocenters. The van der Waals surface area contributed by atoms with Crippen LogP contribution in [0.2, 0.25) is 0 Å². The Morgan fingerprint density at radius 2 is 1.97 bits per heavy atom. The third-order valence-electron chi connectivity index (χ3n) is 5.58. The van der Waals surface area contributed by atoms with Crippen molar-refractivity contribution < 1.29 is 19.0 Å². The van der Waals surface area contributed by atoms with Gasteiger partial charge < -0.3 is 19.5 Å². The van der Waals surface area contributed by atoms with E-state index in [1.54, 1.807) is 13.3 Å². The highest BCUT2D eigenvalue weighted by atomic mass is 16.5. The summed E-state index contributed by atoms with van der Waals surface area (Å²) < 4.78 is 17.5. The van der Waals surface area contributed by atoms with Gasteiger partial charge in [-0.3, -0.25) is 9.48 Å². The van der Waals surface area contributed by atoms with Gasteiger partial charge in [-0.15, -0.1) is 0 Å². The molecule has 8 nitrogen and oxygen atoms in total. The molecule has 1 fully saturated rings. The van der Waals surface area contributed by atoms with E-state index in [4.69, 9.17) is 19.3 Å². The minimum atomic E-state index is -0.249. The van der Waals surface area contributed by atoms with Crippen molar-refractivity contribution in [3.8, 4) is 5.75 Å². The lowest BCUT2D eigenvalue weighted by Crippen LogP contribution is -2.28. The number of anilines is 1. The number of hydrogen-bond acceptors (Lipinski definition) is 7. The molecule has 31 heavy (non-hydrogen) atoms. The van der Waals surface area contributed by atoms with E-state index in [1.807, 2.05) is 35.0 Å². The highest BCUT2D eigenvalue weighted by Crippen LogP contribution is 2.28. The smallest absolute Gasteiger partial charge is 0.305 e.